The van der Waals surface area contributed by atoms with Gasteiger partial charge in [0.15, 0.2) is 0 Å². The van der Waals surface area contributed by atoms with E-state index in [2.05, 4.69) is 15.3 Å². The van der Waals surface area contributed by atoms with E-state index in [4.69, 9.17) is 0 Å². The highest BCUT2D eigenvalue weighted by atomic mass is 19.3. The lowest BCUT2D eigenvalue weighted by atomic mass is 9.93. The number of rotatable bonds is 2. The van der Waals surface area contributed by atoms with Crippen molar-refractivity contribution in [3.8, 4) is 11.3 Å². The van der Waals surface area contributed by atoms with E-state index in [0.29, 0.717) is 23.2 Å². The van der Waals surface area contributed by atoms with Gasteiger partial charge in [0.25, 0.3) is 11.8 Å². The van der Waals surface area contributed by atoms with Crippen LogP contribution in [0.1, 0.15) is 28.8 Å². The standard InChI is InChI=1S/C19H18F4N4O/c20-18(21)4-3-13-15(25-17(26-16(13)18)27-7-12(28)8-27)10-1-2-11-6-24-9-19(22,23)14(11)5-10/h1-2,5,12,24,28H,3-4,6-9H2. The molecule has 148 valence electrons. The fourth-order valence-electron chi connectivity index (χ4n) is 4.08. The highest BCUT2D eigenvalue weighted by molar-refractivity contribution is 5.69. The Kier molecular flexibility index (Phi) is 3.73. The first-order valence-electron chi connectivity index (χ1n) is 9.19. The van der Waals surface area contributed by atoms with E-state index in [1.807, 2.05) is 0 Å². The summed E-state index contributed by atoms with van der Waals surface area (Å²) in [5, 5.41) is 12.2. The van der Waals surface area contributed by atoms with Gasteiger partial charge >= 0.3 is 0 Å². The van der Waals surface area contributed by atoms with Crippen LogP contribution in [-0.4, -0.2) is 40.8 Å². The van der Waals surface area contributed by atoms with Gasteiger partial charge in [-0.25, -0.2) is 9.97 Å². The van der Waals surface area contributed by atoms with Gasteiger partial charge in [0.05, 0.1) is 18.3 Å². The average molecular weight is 394 g/mol. The third kappa shape index (κ3) is 2.68. The first kappa shape index (κ1) is 17.8. The molecule has 28 heavy (non-hydrogen) atoms. The van der Waals surface area contributed by atoms with E-state index in [9.17, 15) is 22.7 Å². The van der Waals surface area contributed by atoms with Gasteiger partial charge in [-0.1, -0.05) is 12.1 Å². The zero-order chi connectivity index (χ0) is 19.7. The van der Waals surface area contributed by atoms with Crippen molar-refractivity contribution in [2.24, 2.45) is 0 Å². The highest BCUT2D eigenvalue weighted by Crippen LogP contribution is 2.45. The molecule has 0 spiro atoms. The van der Waals surface area contributed by atoms with Crippen molar-refractivity contribution in [2.45, 2.75) is 37.3 Å². The average Bonchev–Trinajstić information content (AvgIpc) is 2.93. The Balaban J connectivity index is 1.66. The van der Waals surface area contributed by atoms with Crippen LogP contribution in [0.2, 0.25) is 0 Å². The molecule has 2 aromatic rings. The number of aliphatic hydroxyl groups excluding tert-OH is 1. The quantitative estimate of drug-likeness (QED) is 0.767. The zero-order valence-electron chi connectivity index (χ0n) is 14.9. The van der Waals surface area contributed by atoms with Crippen molar-refractivity contribution in [3.63, 3.8) is 0 Å². The monoisotopic (exact) mass is 394 g/mol. The number of hydrogen-bond donors (Lipinski definition) is 2. The third-order valence-electron chi connectivity index (χ3n) is 5.62. The summed E-state index contributed by atoms with van der Waals surface area (Å²) in [6.45, 7) is 0.401. The fraction of sp³-hybridized carbons (Fsp3) is 0.474. The van der Waals surface area contributed by atoms with Crippen LogP contribution in [0, 0.1) is 0 Å². The SMILES string of the molecule is OC1CN(c2nc(-c3ccc4c(c3)C(F)(F)CNC4)c3c(n2)C(F)(F)CC3)C1. The van der Waals surface area contributed by atoms with Gasteiger partial charge in [-0.3, -0.25) is 0 Å². The molecule has 5 rings (SSSR count). The van der Waals surface area contributed by atoms with Crippen molar-refractivity contribution in [1.82, 2.24) is 15.3 Å². The summed E-state index contributed by atoms with van der Waals surface area (Å²) in [7, 11) is 0. The predicted octanol–water partition coefficient (Wildman–Crippen LogP) is 2.56. The van der Waals surface area contributed by atoms with Crippen molar-refractivity contribution >= 4 is 5.95 Å². The van der Waals surface area contributed by atoms with E-state index < -0.39 is 24.5 Å². The van der Waals surface area contributed by atoms with Crippen LogP contribution >= 0.6 is 0 Å². The third-order valence-corrected chi connectivity index (χ3v) is 5.62. The molecule has 0 unspecified atom stereocenters. The second kappa shape index (κ2) is 5.87. The Labute approximate surface area is 158 Å². The topological polar surface area (TPSA) is 61.3 Å². The minimum atomic E-state index is -3.08. The fourth-order valence-corrected chi connectivity index (χ4v) is 4.08. The Morgan fingerprint density at radius 1 is 1.11 bits per heavy atom. The maximum atomic E-state index is 14.4. The largest absolute Gasteiger partial charge is 0.389 e. The van der Waals surface area contributed by atoms with Crippen molar-refractivity contribution in [3.05, 3.63) is 40.6 Å². The van der Waals surface area contributed by atoms with Crippen LogP contribution in [0.4, 0.5) is 23.5 Å². The number of fused-ring (bicyclic) bond motifs is 2. The van der Waals surface area contributed by atoms with Crippen LogP contribution in [-0.2, 0) is 24.8 Å². The van der Waals surface area contributed by atoms with Crippen molar-refractivity contribution < 1.29 is 22.7 Å². The molecule has 1 fully saturated rings. The molecule has 0 saturated carbocycles. The van der Waals surface area contributed by atoms with E-state index in [0.717, 1.165) is 0 Å². The summed E-state index contributed by atoms with van der Waals surface area (Å²) in [5.74, 6) is -6.01. The predicted molar refractivity (Wildman–Crippen MR) is 93.5 cm³/mol. The molecular weight excluding hydrogens is 376 g/mol. The molecule has 1 saturated heterocycles. The number of benzene rings is 1. The van der Waals surface area contributed by atoms with Crippen LogP contribution in [0.25, 0.3) is 11.3 Å². The highest BCUT2D eigenvalue weighted by Gasteiger charge is 2.44. The second-order valence-corrected chi connectivity index (χ2v) is 7.64. The van der Waals surface area contributed by atoms with Crippen molar-refractivity contribution in [2.75, 3.05) is 24.5 Å². The first-order chi connectivity index (χ1) is 13.2. The van der Waals surface area contributed by atoms with Crippen LogP contribution in [0.5, 0.6) is 0 Å². The van der Waals surface area contributed by atoms with Gasteiger partial charge in [-0.05, 0) is 18.1 Å². The summed E-state index contributed by atoms with van der Waals surface area (Å²) in [5.41, 5.74) is 1.03. The molecule has 0 amide bonds. The van der Waals surface area contributed by atoms with E-state index in [1.165, 1.54) is 6.07 Å². The number of aromatic nitrogens is 2. The van der Waals surface area contributed by atoms with Gasteiger partial charge in [0, 0.05) is 42.7 Å². The zero-order valence-corrected chi connectivity index (χ0v) is 14.9. The molecule has 3 aliphatic rings. The minimum Gasteiger partial charge on any atom is -0.389 e. The second-order valence-electron chi connectivity index (χ2n) is 7.64. The van der Waals surface area contributed by atoms with Crippen LogP contribution in [0.3, 0.4) is 0 Å². The van der Waals surface area contributed by atoms with Gasteiger partial charge in [-0.2, -0.15) is 17.6 Å². The van der Waals surface area contributed by atoms with Crippen LogP contribution < -0.4 is 10.2 Å². The van der Waals surface area contributed by atoms with E-state index in [-0.39, 0.29) is 48.8 Å². The van der Waals surface area contributed by atoms with Gasteiger partial charge in [0.2, 0.25) is 5.95 Å². The molecule has 0 bridgehead atoms. The number of β-amino-alcohol motifs (C(OH)–C–C–N with tert-alkyl or cyclic N) is 1. The molecule has 1 aromatic heterocycles. The number of aliphatic hydroxyl groups is 1. The lowest BCUT2D eigenvalue weighted by molar-refractivity contribution is -0.0108. The molecule has 5 nitrogen and oxygen atoms in total. The lowest BCUT2D eigenvalue weighted by Gasteiger charge is -2.36. The number of alkyl halides is 4. The van der Waals surface area contributed by atoms with E-state index in [1.54, 1.807) is 17.0 Å². The van der Waals surface area contributed by atoms with Gasteiger partial charge in [0.1, 0.15) is 5.69 Å². The first-order valence-corrected chi connectivity index (χ1v) is 9.19. The maximum absolute atomic E-state index is 14.4. The number of nitrogens with one attached hydrogen (secondary N) is 1. The van der Waals surface area contributed by atoms with Crippen molar-refractivity contribution in [1.29, 1.82) is 0 Å². The number of nitrogens with zero attached hydrogens (tertiary/aromatic N) is 3. The Bertz CT molecular complexity index is 959. The molecule has 9 heteroatoms. The maximum Gasteiger partial charge on any atom is 0.290 e. The van der Waals surface area contributed by atoms with Crippen LogP contribution in [0.15, 0.2) is 18.2 Å². The summed E-state index contributed by atoms with van der Waals surface area (Å²) in [4.78, 5) is 10.1. The smallest absolute Gasteiger partial charge is 0.290 e. The number of hydrogen-bond acceptors (Lipinski definition) is 5. The Morgan fingerprint density at radius 3 is 2.64 bits per heavy atom. The molecule has 2 aliphatic heterocycles. The molecule has 0 atom stereocenters. The summed E-state index contributed by atoms with van der Waals surface area (Å²) >= 11 is 0. The molecule has 3 heterocycles. The molecule has 2 N–H and O–H groups in total. The summed E-state index contributed by atoms with van der Waals surface area (Å²) in [6.07, 6.45) is -0.827. The lowest BCUT2D eigenvalue weighted by Crippen LogP contribution is -2.51. The van der Waals surface area contributed by atoms with Gasteiger partial charge in [-0.15, -0.1) is 0 Å². The van der Waals surface area contributed by atoms with Gasteiger partial charge < -0.3 is 15.3 Å². The molecule has 1 aromatic carbocycles. The Morgan fingerprint density at radius 2 is 1.89 bits per heavy atom. The number of anilines is 1. The Hall–Kier alpha value is -2.26. The molecule has 0 radical (unpaired) electrons. The molecule has 1 aliphatic carbocycles. The minimum absolute atomic E-state index is 0.0929. The summed E-state index contributed by atoms with van der Waals surface area (Å²) in [6, 6.07) is 4.61. The normalized spacial score (nSPS) is 22.5. The summed E-state index contributed by atoms with van der Waals surface area (Å²) < 4.78 is 57.5. The van der Waals surface area contributed by atoms with E-state index >= 15 is 0 Å². The molecular formula is C19H18F4N4O. The number of halogens is 4.